The molecule has 3 amide bonds. The first-order valence-corrected chi connectivity index (χ1v) is 6.87. The number of imide groups is 1. The number of carbonyl (C=O) groups is 2. The third-order valence-corrected chi connectivity index (χ3v) is 3.09. The Morgan fingerprint density at radius 2 is 2.04 bits per heavy atom. The number of rotatable bonds is 3. The number of nitrogens with one attached hydrogen (secondary N) is 1. The number of urea groups is 1. The zero-order valence-corrected chi connectivity index (χ0v) is 12.8. The maximum atomic E-state index is 13.5. The highest BCUT2D eigenvalue weighted by molar-refractivity contribution is 5.97. The van der Waals surface area contributed by atoms with Crippen LogP contribution in [0.2, 0.25) is 0 Å². The molecule has 0 bridgehead atoms. The minimum absolute atomic E-state index is 0.157. The predicted molar refractivity (Wildman–Crippen MR) is 82.6 cm³/mol. The highest BCUT2D eigenvalue weighted by atomic mass is 19.1. The van der Waals surface area contributed by atoms with E-state index in [0.29, 0.717) is 5.70 Å². The molecule has 0 radical (unpaired) electrons. The summed E-state index contributed by atoms with van der Waals surface area (Å²) in [5.41, 5.74) is 0.388. The van der Waals surface area contributed by atoms with Crippen LogP contribution in [-0.2, 0) is 4.79 Å². The second-order valence-corrected chi connectivity index (χ2v) is 4.75. The summed E-state index contributed by atoms with van der Waals surface area (Å²) in [6.07, 6.45) is 1.38. The summed E-state index contributed by atoms with van der Waals surface area (Å²) >= 11 is 0. The van der Waals surface area contributed by atoms with Gasteiger partial charge in [-0.3, -0.25) is 15.0 Å². The number of amidine groups is 1. The molecule has 1 aliphatic rings. The largest absolute Gasteiger partial charge is 0.418 e. The molecule has 1 aromatic carbocycles. The number of para-hydroxylation sites is 1. The van der Waals surface area contributed by atoms with E-state index in [9.17, 15) is 18.4 Å². The molecular weight excluding hydrogens is 322 g/mol. The molecule has 0 atom stereocenters. The summed E-state index contributed by atoms with van der Waals surface area (Å²) in [7, 11) is 0. The Bertz CT molecular complexity index is 726. The van der Waals surface area contributed by atoms with Gasteiger partial charge in [0.05, 0.1) is 6.20 Å². The molecule has 1 aromatic rings. The average molecular weight is 336 g/mol. The fourth-order valence-electron chi connectivity index (χ4n) is 1.89. The lowest BCUT2D eigenvalue weighted by atomic mass is 10.3. The predicted octanol–water partition coefficient (Wildman–Crippen LogP) is 2.20. The molecule has 1 saturated heterocycles. The van der Waals surface area contributed by atoms with Crippen LogP contribution in [-0.4, -0.2) is 36.1 Å². The van der Waals surface area contributed by atoms with Crippen molar-refractivity contribution >= 4 is 24.7 Å². The van der Waals surface area contributed by atoms with E-state index in [-0.39, 0.29) is 18.9 Å². The van der Waals surface area contributed by atoms with Gasteiger partial charge >= 0.3 is 12.1 Å². The van der Waals surface area contributed by atoms with E-state index in [1.807, 2.05) is 0 Å². The molecule has 1 N–H and O–H groups in total. The van der Waals surface area contributed by atoms with Crippen LogP contribution in [0, 0.1) is 11.6 Å². The van der Waals surface area contributed by atoms with E-state index >= 15 is 0 Å². The smallest absolute Gasteiger partial charge is 0.328 e. The Morgan fingerprint density at radius 1 is 1.38 bits per heavy atom. The Kier molecular flexibility index (Phi) is 5.35. The second-order valence-electron chi connectivity index (χ2n) is 4.75. The summed E-state index contributed by atoms with van der Waals surface area (Å²) in [5, 5.41) is 2.16. The number of benzene rings is 1. The van der Waals surface area contributed by atoms with Crippen LogP contribution in [0.25, 0.3) is 0 Å². The Balaban J connectivity index is 2.16. The maximum Gasteiger partial charge on any atom is 0.328 e. The molecule has 9 heteroatoms. The highest BCUT2D eigenvalue weighted by Gasteiger charge is 2.23. The van der Waals surface area contributed by atoms with Crippen molar-refractivity contribution in [1.29, 1.82) is 0 Å². The first kappa shape index (κ1) is 17.3. The fourth-order valence-corrected chi connectivity index (χ4v) is 1.89. The molecular formula is C15H14F2N4O3. The molecule has 0 unspecified atom stereocenters. The fraction of sp³-hybridized carbons (Fsp3) is 0.200. The van der Waals surface area contributed by atoms with Crippen molar-refractivity contribution in [1.82, 2.24) is 10.2 Å². The monoisotopic (exact) mass is 336 g/mol. The number of carbonyl (C=O) groups excluding carboxylic acids is 2. The second kappa shape index (κ2) is 7.44. The van der Waals surface area contributed by atoms with Gasteiger partial charge in [0.2, 0.25) is 11.7 Å². The summed E-state index contributed by atoms with van der Waals surface area (Å²) < 4.78 is 32.0. The zero-order valence-electron chi connectivity index (χ0n) is 12.8. The van der Waals surface area contributed by atoms with Crippen molar-refractivity contribution in [2.24, 2.45) is 9.98 Å². The van der Waals surface area contributed by atoms with Crippen molar-refractivity contribution < 1.29 is 23.1 Å². The molecule has 1 fully saturated rings. The SMILES string of the molecule is C=NC(=N/C=C(\C)N1CCC(=O)NC1=O)Oc1c(F)cccc1F. The summed E-state index contributed by atoms with van der Waals surface area (Å²) in [4.78, 5) is 31.3. The Morgan fingerprint density at radius 3 is 2.62 bits per heavy atom. The molecule has 24 heavy (non-hydrogen) atoms. The van der Waals surface area contributed by atoms with Crippen molar-refractivity contribution in [3.8, 4) is 5.75 Å². The van der Waals surface area contributed by atoms with E-state index in [1.165, 1.54) is 17.2 Å². The van der Waals surface area contributed by atoms with Crippen molar-refractivity contribution in [3.63, 3.8) is 0 Å². The van der Waals surface area contributed by atoms with Crippen LogP contribution in [0.3, 0.4) is 0 Å². The molecule has 0 spiro atoms. The third-order valence-electron chi connectivity index (χ3n) is 3.09. The van der Waals surface area contributed by atoms with E-state index < -0.39 is 29.4 Å². The van der Waals surface area contributed by atoms with Crippen molar-refractivity contribution in [2.75, 3.05) is 6.54 Å². The van der Waals surface area contributed by atoms with Gasteiger partial charge in [-0.25, -0.2) is 23.6 Å². The van der Waals surface area contributed by atoms with Crippen LogP contribution in [0.4, 0.5) is 13.6 Å². The van der Waals surface area contributed by atoms with Crippen molar-refractivity contribution in [2.45, 2.75) is 13.3 Å². The summed E-state index contributed by atoms with van der Waals surface area (Å²) in [5.74, 6) is -2.85. The summed E-state index contributed by atoms with van der Waals surface area (Å²) in [6.45, 7) is 4.98. The van der Waals surface area contributed by atoms with Crippen LogP contribution in [0.1, 0.15) is 13.3 Å². The minimum atomic E-state index is -0.916. The highest BCUT2D eigenvalue weighted by Crippen LogP contribution is 2.21. The number of aliphatic imine (C=N–C) groups is 2. The maximum absolute atomic E-state index is 13.5. The van der Waals surface area contributed by atoms with Crippen LogP contribution in [0.15, 0.2) is 40.1 Å². The Hall–Kier alpha value is -3.10. The quantitative estimate of drug-likeness (QED) is 0.678. The number of nitrogens with zero attached hydrogens (tertiary/aromatic N) is 3. The van der Waals surface area contributed by atoms with Gasteiger partial charge in [0.25, 0.3) is 0 Å². The number of ether oxygens (including phenoxy) is 1. The standard InChI is InChI=1S/C15H14F2N4O3/c1-9(21-7-6-12(22)20-15(21)23)8-19-14(18-2)24-13-10(16)4-3-5-11(13)17/h3-5,8H,2,6-7H2,1H3,(H,20,22,23)/b9-8+,19-14?. The lowest BCUT2D eigenvalue weighted by Crippen LogP contribution is -2.48. The molecule has 0 saturated carbocycles. The van der Waals surface area contributed by atoms with Gasteiger partial charge in [0, 0.05) is 18.7 Å². The first-order chi connectivity index (χ1) is 11.4. The summed E-state index contributed by atoms with van der Waals surface area (Å²) in [6, 6.07) is 2.26. The topological polar surface area (TPSA) is 83.4 Å². The molecule has 7 nitrogen and oxygen atoms in total. The minimum Gasteiger partial charge on any atom is -0.418 e. The third kappa shape index (κ3) is 4.00. The van der Waals surface area contributed by atoms with E-state index in [2.05, 4.69) is 22.0 Å². The van der Waals surface area contributed by atoms with Gasteiger partial charge in [-0.1, -0.05) is 6.07 Å². The lowest BCUT2D eigenvalue weighted by molar-refractivity contribution is -0.121. The zero-order chi connectivity index (χ0) is 17.7. The first-order valence-electron chi connectivity index (χ1n) is 6.87. The molecule has 1 heterocycles. The molecule has 0 aromatic heterocycles. The number of hydrogen-bond donors (Lipinski definition) is 1. The molecule has 2 rings (SSSR count). The average Bonchev–Trinajstić information content (AvgIpc) is 2.53. The van der Waals surface area contributed by atoms with Gasteiger partial charge in [0.15, 0.2) is 11.6 Å². The number of hydrogen-bond acceptors (Lipinski definition) is 4. The van der Waals surface area contributed by atoms with Gasteiger partial charge in [-0.2, -0.15) is 0 Å². The van der Waals surface area contributed by atoms with E-state index in [1.54, 1.807) is 6.92 Å². The van der Waals surface area contributed by atoms with Gasteiger partial charge in [0.1, 0.15) is 0 Å². The van der Waals surface area contributed by atoms with Gasteiger partial charge in [-0.05, 0) is 25.8 Å². The molecule has 126 valence electrons. The number of allylic oxidation sites excluding steroid dienone is 1. The van der Waals surface area contributed by atoms with Crippen molar-refractivity contribution in [3.05, 3.63) is 41.7 Å². The van der Waals surface area contributed by atoms with Crippen LogP contribution < -0.4 is 10.1 Å². The number of halogens is 2. The van der Waals surface area contributed by atoms with E-state index in [4.69, 9.17) is 4.74 Å². The number of amides is 3. The molecule has 1 aliphatic heterocycles. The van der Waals surface area contributed by atoms with Crippen LogP contribution in [0.5, 0.6) is 5.75 Å². The van der Waals surface area contributed by atoms with Gasteiger partial charge in [-0.15, -0.1) is 0 Å². The van der Waals surface area contributed by atoms with E-state index in [0.717, 1.165) is 12.1 Å². The molecule has 0 aliphatic carbocycles. The normalized spacial score (nSPS) is 16.0. The van der Waals surface area contributed by atoms with Gasteiger partial charge < -0.3 is 4.74 Å². The lowest BCUT2D eigenvalue weighted by Gasteiger charge is -2.26. The Labute approximate surface area is 136 Å². The van der Waals surface area contributed by atoms with Crippen LogP contribution >= 0.6 is 0 Å².